The molecular weight excluding hydrogens is 132 g/mol. The van der Waals surface area contributed by atoms with Gasteiger partial charge >= 0.3 is 0 Å². The highest BCUT2D eigenvalue weighted by Gasteiger charge is 2.54. The first kappa shape index (κ1) is 7.15. The van der Waals surface area contributed by atoms with Gasteiger partial charge in [0.15, 0.2) is 0 Å². The van der Waals surface area contributed by atoms with Gasteiger partial charge in [-0.2, -0.15) is 0 Å². The van der Waals surface area contributed by atoms with E-state index in [1.165, 1.54) is 12.0 Å². The van der Waals surface area contributed by atoms with Crippen LogP contribution in [-0.2, 0) is 0 Å². The Bertz CT molecular complexity index is 245. The van der Waals surface area contributed by atoms with Crippen LogP contribution in [0.5, 0.6) is 0 Å². The molecule has 0 saturated heterocycles. The monoisotopic (exact) mass is 148 g/mol. The van der Waals surface area contributed by atoms with E-state index in [1.54, 1.807) is 0 Å². The van der Waals surface area contributed by atoms with E-state index in [0.717, 1.165) is 0 Å². The van der Waals surface area contributed by atoms with Gasteiger partial charge in [-0.15, -0.1) is 0 Å². The SMILES string of the molecule is C=C1CC2(C)C=CC1C2(C)C. The van der Waals surface area contributed by atoms with Crippen LogP contribution in [0.15, 0.2) is 24.3 Å². The lowest BCUT2D eigenvalue weighted by Gasteiger charge is -2.33. The van der Waals surface area contributed by atoms with Crippen LogP contribution in [0.4, 0.5) is 0 Å². The zero-order valence-electron chi connectivity index (χ0n) is 7.65. The van der Waals surface area contributed by atoms with Crippen LogP contribution < -0.4 is 0 Å². The summed E-state index contributed by atoms with van der Waals surface area (Å²) in [6, 6.07) is 0. The molecule has 2 aliphatic carbocycles. The van der Waals surface area contributed by atoms with Crippen LogP contribution >= 0.6 is 0 Å². The minimum atomic E-state index is 0.398. The number of allylic oxidation sites excluding steroid dienone is 3. The third-order valence-electron chi connectivity index (χ3n) is 3.94. The molecule has 0 nitrogen and oxygen atoms in total. The van der Waals surface area contributed by atoms with E-state index in [1.807, 2.05) is 0 Å². The Balaban J connectivity index is 2.53. The van der Waals surface area contributed by atoms with Crippen LogP contribution in [0.1, 0.15) is 27.2 Å². The van der Waals surface area contributed by atoms with Gasteiger partial charge in [-0.1, -0.05) is 45.1 Å². The average Bonchev–Trinajstić information content (AvgIpc) is 2.13. The number of rotatable bonds is 0. The summed E-state index contributed by atoms with van der Waals surface area (Å²) in [5, 5.41) is 0. The van der Waals surface area contributed by atoms with Gasteiger partial charge in [0.2, 0.25) is 0 Å². The van der Waals surface area contributed by atoms with Crippen molar-refractivity contribution in [3.8, 4) is 0 Å². The Morgan fingerprint density at radius 3 is 2.27 bits per heavy atom. The molecule has 2 unspecified atom stereocenters. The van der Waals surface area contributed by atoms with Crippen molar-refractivity contribution in [1.82, 2.24) is 0 Å². The molecular formula is C11H16. The molecule has 0 spiro atoms. The van der Waals surface area contributed by atoms with E-state index in [-0.39, 0.29) is 0 Å². The largest absolute Gasteiger partial charge is 0.0992 e. The molecule has 2 atom stereocenters. The highest BCUT2D eigenvalue weighted by Crippen LogP contribution is 2.63. The number of hydrogen-bond acceptors (Lipinski definition) is 0. The second kappa shape index (κ2) is 1.63. The van der Waals surface area contributed by atoms with E-state index in [9.17, 15) is 0 Å². The lowest BCUT2D eigenvalue weighted by atomic mass is 9.71. The molecule has 0 aliphatic heterocycles. The lowest BCUT2D eigenvalue weighted by Crippen LogP contribution is -2.27. The summed E-state index contributed by atoms with van der Waals surface area (Å²) in [5.41, 5.74) is 2.25. The zero-order chi connectivity index (χ0) is 8.28. The Labute approximate surface area is 69.0 Å². The van der Waals surface area contributed by atoms with Crippen molar-refractivity contribution in [2.45, 2.75) is 27.2 Å². The Morgan fingerprint density at radius 1 is 1.45 bits per heavy atom. The predicted octanol–water partition coefficient (Wildman–Crippen LogP) is 3.16. The maximum Gasteiger partial charge on any atom is 0.00341 e. The van der Waals surface area contributed by atoms with Crippen LogP contribution in [0, 0.1) is 16.7 Å². The number of hydrogen-bond donors (Lipinski definition) is 0. The molecule has 0 heterocycles. The summed E-state index contributed by atoms with van der Waals surface area (Å²) in [5.74, 6) is 0.646. The standard InChI is InChI=1S/C11H16/c1-8-7-11(4)6-5-9(8)10(11,2)3/h5-6,9H,1,7H2,2-4H3. The molecule has 1 fully saturated rings. The second-order valence-corrected chi connectivity index (χ2v) is 4.81. The molecule has 0 aromatic heterocycles. The summed E-state index contributed by atoms with van der Waals surface area (Å²) in [6.45, 7) is 11.2. The first-order valence-electron chi connectivity index (χ1n) is 4.34. The van der Waals surface area contributed by atoms with Gasteiger partial charge in [-0.3, -0.25) is 0 Å². The molecule has 2 rings (SSSR count). The topological polar surface area (TPSA) is 0 Å². The summed E-state index contributed by atoms with van der Waals surface area (Å²) in [7, 11) is 0. The van der Waals surface area contributed by atoms with Gasteiger partial charge in [-0.05, 0) is 17.3 Å². The van der Waals surface area contributed by atoms with E-state index in [0.29, 0.717) is 16.7 Å². The fraction of sp³-hybridized carbons (Fsp3) is 0.636. The molecule has 2 aliphatic rings. The fourth-order valence-corrected chi connectivity index (χ4v) is 2.63. The van der Waals surface area contributed by atoms with Gasteiger partial charge in [0, 0.05) is 5.92 Å². The number of fused-ring (bicyclic) bond motifs is 2. The minimum Gasteiger partial charge on any atom is -0.0992 e. The molecule has 0 N–H and O–H groups in total. The summed E-state index contributed by atoms with van der Waals surface area (Å²) in [6.07, 6.45) is 5.92. The van der Waals surface area contributed by atoms with E-state index in [4.69, 9.17) is 0 Å². The van der Waals surface area contributed by atoms with Gasteiger partial charge in [0.25, 0.3) is 0 Å². The van der Waals surface area contributed by atoms with Gasteiger partial charge in [-0.25, -0.2) is 0 Å². The van der Waals surface area contributed by atoms with E-state index < -0.39 is 0 Å². The molecule has 1 saturated carbocycles. The van der Waals surface area contributed by atoms with Crippen molar-refractivity contribution in [3.63, 3.8) is 0 Å². The minimum absolute atomic E-state index is 0.398. The maximum atomic E-state index is 4.13. The molecule has 0 amide bonds. The van der Waals surface area contributed by atoms with Crippen LogP contribution in [0.3, 0.4) is 0 Å². The smallest absolute Gasteiger partial charge is 0.00341 e. The predicted molar refractivity (Wildman–Crippen MR) is 48.3 cm³/mol. The van der Waals surface area contributed by atoms with Crippen molar-refractivity contribution in [1.29, 1.82) is 0 Å². The van der Waals surface area contributed by atoms with Crippen molar-refractivity contribution < 1.29 is 0 Å². The Kier molecular flexibility index (Phi) is 1.06. The van der Waals surface area contributed by atoms with Crippen LogP contribution in [-0.4, -0.2) is 0 Å². The van der Waals surface area contributed by atoms with Crippen molar-refractivity contribution in [2.24, 2.45) is 16.7 Å². The van der Waals surface area contributed by atoms with Crippen molar-refractivity contribution >= 4 is 0 Å². The highest BCUT2D eigenvalue weighted by molar-refractivity contribution is 5.35. The summed E-state index contributed by atoms with van der Waals surface area (Å²) >= 11 is 0. The third-order valence-corrected chi connectivity index (χ3v) is 3.94. The molecule has 0 aromatic rings. The molecule has 11 heavy (non-hydrogen) atoms. The lowest BCUT2D eigenvalue weighted by molar-refractivity contribution is 0.183. The first-order chi connectivity index (χ1) is 4.97. The molecule has 2 bridgehead atoms. The molecule has 0 radical (unpaired) electrons. The van der Waals surface area contributed by atoms with Crippen molar-refractivity contribution in [2.75, 3.05) is 0 Å². The van der Waals surface area contributed by atoms with E-state index in [2.05, 4.69) is 39.5 Å². The zero-order valence-corrected chi connectivity index (χ0v) is 7.65. The average molecular weight is 148 g/mol. The summed E-state index contributed by atoms with van der Waals surface area (Å²) in [4.78, 5) is 0. The quantitative estimate of drug-likeness (QED) is 0.463. The van der Waals surface area contributed by atoms with Gasteiger partial charge in [0.05, 0.1) is 0 Å². The molecule has 60 valence electrons. The van der Waals surface area contributed by atoms with Crippen molar-refractivity contribution in [3.05, 3.63) is 24.3 Å². The van der Waals surface area contributed by atoms with E-state index >= 15 is 0 Å². The summed E-state index contributed by atoms with van der Waals surface area (Å²) < 4.78 is 0. The third kappa shape index (κ3) is 0.610. The normalized spacial score (nSPS) is 45.4. The van der Waals surface area contributed by atoms with Gasteiger partial charge in [0.1, 0.15) is 0 Å². The maximum absolute atomic E-state index is 4.13. The first-order valence-corrected chi connectivity index (χ1v) is 4.34. The molecule has 0 heteroatoms. The highest BCUT2D eigenvalue weighted by atomic mass is 14.6. The Morgan fingerprint density at radius 2 is 2.09 bits per heavy atom. The van der Waals surface area contributed by atoms with Crippen LogP contribution in [0.25, 0.3) is 0 Å². The fourth-order valence-electron chi connectivity index (χ4n) is 2.63. The second-order valence-electron chi connectivity index (χ2n) is 4.81. The van der Waals surface area contributed by atoms with Crippen LogP contribution in [0.2, 0.25) is 0 Å². The van der Waals surface area contributed by atoms with Gasteiger partial charge < -0.3 is 0 Å². The Hall–Kier alpha value is -0.520. The molecule has 0 aromatic carbocycles.